The highest BCUT2D eigenvalue weighted by Gasteiger charge is 2.30. The largest absolute Gasteiger partial charge is 0.495 e. The van der Waals surface area contributed by atoms with Crippen molar-refractivity contribution in [3.05, 3.63) is 29.1 Å². The van der Waals surface area contributed by atoms with Crippen LogP contribution in [-0.2, 0) is 16.1 Å². The van der Waals surface area contributed by atoms with Crippen molar-refractivity contribution in [3.8, 4) is 11.8 Å². The van der Waals surface area contributed by atoms with Crippen molar-refractivity contribution in [2.45, 2.75) is 45.5 Å². The maximum absolute atomic E-state index is 13.9. The number of hydrogen-bond donors (Lipinski definition) is 0. The number of halogens is 1. The minimum absolute atomic E-state index is 0.122. The van der Waals surface area contributed by atoms with Crippen molar-refractivity contribution < 1.29 is 23.4 Å². The first-order chi connectivity index (χ1) is 11.7. The summed E-state index contributed by atoms with van der Waals surface area (Å²) in [5.74, 6) is -0.454. The quantitative estimate of drug-likeness (QED) is 0.834. The number of benzene rings is 1. The molecule has 0 radical (unpaired) electrons. The smallest absolute Gasteiger partial charge is 0.410 e. The van der Waals surface area contributed by atoms with Crippen molar-refractivity contribution >= 4 is 6.09 Å². The van der Waals surface area contributed by atoms with Crippen molar-refractivity contribution in [1.29, 1.82) is 5.26 Å². The number of methoxy groups -OCH3 is 1. The first-order valence-corrected chi connectivity index (χ1v) is 8.09. The van der Waals surface area contributed by atoms with E-state index in [-0.39, 0.29) is 30.1 Å². The van der Waals surface area contributed by atoms with Crippen molar-refractivity contribution in [3.63, 3.8) is 0 Å². The molecule has 0 saturated carbocycles. The number of amides is 1. The lowest BCUT2D eigenvalue weighted by atomic mass is 10.1. The molecule has 0 unspecified atom stereocenters. The van der Waals surface area contributed by atoms with E-state index in [2.05, 4.69) is 0 Å². The van der Waals surface area contributed by atoms with Gasteiger partial charge in [0.25, 0.3) is 0 Å². The number of rotatable bonds is 4. The summed E-state index contributed by atoms with van der Waals surface area (Å²) in [5, 5.41) is 8.93. The number of carbonyl (C=O) groups is 1. The van der Waals surface area contributed by atoms with Gasteiger partial charge in [0.15, 0.2) is 0 Å². The molecule has 2 rings (SSSR count). The fraction of sp³-hybridized carbons (Fsp3) is 0.556. The summed E-state index contributed by atoms with van der Waals surface area (Å²) in [6.07, 6.45) is 0.191. The molecule has 1 heterocycles. The third-order valence-electron chi connectivity index (χ3n) is 3.73. The minimum Gasteiger partial charge on any atom is -0.495 e. The Morgan fingerprint density at radius 1 is 1.44 bits per heavy atom. The lowest BCUT2D eigenvalue weighted by Gasteiger charge is -2.24. The molecular formula is C18H23FN2O4. The molecule has 25 heavy (non-hydrogen) atoms. The Hall–Kier alpha value is -2.33. The molecule has 0 aromatic heterocycles. The number of ether oxygens (including phenoxy) is 3. The number of hydrogen-bond acceptors (Lipinski definition) is 5. The zero-order chi connectivity index (χ0) is 18.6. The van der Waals surface area contributed by atoms with E-state index < -0.39 is 11.4 Å². The van der Waals surface area contributed by atoms with Crippen LogP contribution in [0.5, 0.6) is 5.75 Å². The molecular weight excluding hydrogens is 327 g/mol. The summed E-state index contributed by atoms with van der Waals surface area (Å²) in [4.78, 5) is 13.6. The van der Waals surface area contributed by atoms with Crippen molar-refractivity contribution in [2.24, 2.45) is 0 Å². The first kappa shape index (κ1) is 19.0. The summed E-state index contributed by atoms with van der Waals surface area (Å²) in [6.45, 7) is 6.63. The fourth-order valence-corrected chi connectivity index (χ4v) is 2.56. The van der Waals surface area contributed by atoms with Crippen LogP contribution in [0.2, 0.25) is 0 Å². The Bertz CT molecular complexity index is 679. The lowest BCUT2D eigenvalue weighted by molar-refractivity contribution is 0.0184. The van der Waals surface area contributed by atoms with Gasteiger partial charge in [-0.05, 0) is 44.9 Å². The molecule has 6 nitrogen and oxygen atoms in total. The molecule has 1 amide bonds. The molecule has 0 aliphatic carbocycles. The molecule has 1 atom stereocenters. The van der Waals surface area contributed by atoms with E-state index in [1.54, 1.807) is 17.0 Å². The summed E-state index contributed by atoms with van der Waals surface area (Å²) in [6, 6.07) is 4.63. The maximum atomic E-state index is 13.9. The third-order valence-corrected chi connectivity index (χ3v) is 3.73. The van der Waals surface area contributed by atoms with Gasteiger partial charge in [-0.2, -0.15) is 5.26 Å². The van der Waals surface area contributed by atoms with Crippen LogP contribution in [0.4, 0.5) is 9.18 Å². The minimum atomic E-state index is -0.637. The second-order valence-corrected chi connectivity index (χ2v) is 6.91. The van der Waals surface area contributed by atoms with Gasteiger partial charge < -0.3 is 19.1 Å². The molecule has 1 aromatic rings. The highest BCUT2D eigenvalue weighted by atomic mass is 19.1. The van der Waals surface area contributed by atoms with Gasteiger partial charge in [0.1, 0.15) is 28.8 Å². The van der Waals surface area contributed by atoms with Crippen molar-refractivity contribution in [2.75, 3.05) is 20.2 Å². The molecule has 7 heteroatoms. The van der Waals surface area contributed by atoms with E-state index >= 15 is 0 Å². The number of nitrogens with zero attached hydrogens (tertiary/aromatic N) is 2. The SMILES string of the molecule is COc1cc(CO[C@H]2CCN(C(=O)OC(C)(C)C)C2)cc(F)c1C#N. The number of carbonyl (C=O) groups excluding carboxylic acids is 1. The molecule has 1 aromatic carbocycles. The molecule has 0 bridgehead atoms. The van der Waals surface area contributed by atoms with Crippen LogP contribution in [0.3, 0.4) is 0 Å². The average molecular weight is 350 g/mol. The molecule has 136 valence electrons. The maximum Gasteiger partial charge on any atom is 0.410 e. The van der Waals surface area contributed by atoms with Crippen LogP contribution >= 0.6 is 0 Å². The monoisotopic (exact) mass is 350 g/mol. The van der Waals surface area contributed by atoms with Gasteiger partial charge in [-0.25, -0.2) is 9.18 Å². The van der Waals surface area contributed by atoms with E-state index in [0.29, 0.717) is 25.1 Å². The summed E-state index contributed by atoms with van der Waals surface area (Å²) in [7, 11) is 1.38. The first-order valence-electron chi connectivity index (χ1n) is 8.09. The van der Waals surface area contributed by atoms with Gasteiger partial charge in [0.2, 0.25) is 0 Å². The van der Waals surface area contributed by atoms with E-state index in [9.17, 15) is 9.18 Å². The van der Waals surface area contributed by atoms with E-state index in [4.69, 9.17) is 19.5 Å². The molecule has 1 fully saturated rings. The fourth-order valence-electron chi connectivity index (χ4n) is 2.56. The standard InChI is InChI=1S/C18H23FN2O4/c1-18(2,3)25-17(22)21-6-5-13(10-21)24-11-12-7-15(19)14(9-20)16(8-12)23-4/h7-8,13H,5-6,10-11H2,1-4H3/t13-/m0/s1. The van der Waals surface area contributed by atoms with E-state index in [0.717, 1.165) is 0 Å². The van der Waals surface area contributed by atoms with Crippen LogP contribution < -0.4 is 4.74 Å². The molecule has 0 N–H and O–H groups in total. The second kappa shape index (κ2) is 7.70. The van der Waals surface area contributed by atoms with Gasteiger partial charge in [-0.3, -0.25) is 0 Å². The van der Waals surface area contributed by atoms with Crippen LogP contribution in [-0.4, -0.2) is 42.9 Å². The Morgan fingerprint density at radius 3 is 2.76 bits per heavy atom. The zero-order valence-electron chi connectivity index (χ0n) is 15.0. The predicted molar refractivity (Wildman–Crippen MR) is 88.7 cm³/mol. The Morgan fingerprint density at radius 2 is 2.16 bits per heavy atom. The zero-order valence-corrected chi connectivity index (χ0v) is 15.0. The Labute approximate surface area is 147 Å². The summed E-state index contributed by atoms with van der Waals surface area (Å²) in [5.41, 5.74) is -0.0839. The van der Waals surface area contributed by atoms with E-state index in [1.165, 1.54) is 13.2 Å². The second-order valence-electron chi connectivity index (χ2n) is 6.91. The summed E-state index contributed by atoms with van der Waals surface area (Å²) >= 11 is 0. The van der Waals surface area contributed by atoms with Crippen LogP contribution in [0.15, 0.2) is 12.1 Å². The van der Waals surface area contributed by atoms with Gasteiger partial charge >= 0.3 is 6.09 Å². The molecule has 1 aliphatic rings. The van der Waals surface area contributed by atoms with Crippen molar-refractivity contribution in [1.82, 2.24) is 4.90 Å². The normalized spacial score (nSPS) is 17.3. The molecule has 1 saturated heterocycles. The van der Waals surface area contributed by atoms with Crippen LogP contribution in [0.1, 0.15) is 38.3 Å². The predicted octanol–water partition coefficient (Wildman–Crippen LogP) is 3.23. The molecule has 1 aliphatic heterocycles. The number of likely N-dealkylation sites (tertiary alicyclic amines) is 1. The Balaban J connectivity index is 1.92. The molecule has 0 spiro atoms. The Kier molecular flexibility index (Phi) is 5.85. The third kappa shape index (κ3) is 5.07. The van der Waals surface area contributed by atoms with Crippen LogP contribution in [0.25, 0.3) is 0 Å². The van der Waals surface area contributed by atoms with Gasteiger partial charge in [-0.1, -0.05) is 0 Å². The summed E-state index contributed by atoms with van der Waals surface area (Å²) < 4.78 is 30.0. The number of nitriles is 1. The van der Waals surface area contributed by atoms with E-state index in [1.807, 2.05) is 20.8 Å². The topological polar surface area (TPSA) is 71.8 Å². The van der Waals surface area contributed by atoms with Gasteiger partial charge in [0, 0.05) is 6.54 Å². The van der Waals surface area contributed by atoms with Gasteiger partial charge in [0.05, 0.1) is 26.4 Å². The highest BCUT2D eigenvalue weighted by molar-refractivity contribution is 5.68. The lowest BCUT2D eigenvalue weighted by Crippen LogP contribution is -2.36. The average Bonchev–Trinajstić information content (AvgIpc) is 2.99. The van der Waals surface area contributed by atoms with Crippen LogP contribution in [0, 0.1) is 17.1 Å². The van der Waals surface area contributed by atoms with Gasteiger partial charge in [-0.15, -0.1) is 0 Å². The highest BCUT2D eigenvalue weighted by Crippen LogP contribution is 2.24.